The van der Waals surface area contributed by atoms with Gasteiger partial charge in [-0.15, -0.1) is 0 Å². The van der Waals surface area contributed by atoms with E-state index in [0.717, 1.165) is 5.75 Å². The average molecular weight is 324 g/mol. The number of hydrogen-bond acceptors (Lipinski definition) is 3. The van der Waals surface area contributed by atoms with Crippen molar-refractivity contribution in [3.8, 4) is 0 Å². The van der Waals surface area contributed by atoms with Crippen molar-refractivity contribution in [2.75, 3.05) is 24.2 Å². The number of halogens is 1. The summed E-state index contributed by atoms with van der Waals surface area (Å²) in [7, 11) is 0. The van der Waals surface area contributed by atoms with Crippen LogP contribution >= 0.6 is 11.8 Å². The molecule has 4 nitrogen and oxygen atoms in total. The van der Waals surface area contributed by atoms with E-state index < -0.39 is 5.82 Å². The van der Waals surface area contributed by atoms with Crippen LogP contribution in [0.5, 0.6) is 0 Å². The van der Waals surface area contributed by atoms with Crippen molar-refractivity contribution in [2.24, 2.45) is 5.92 Å². The van der Waals surface area contributed by atoms with Crippen LogP contribution in [-0.2, 0) is 4.79 Å². The normalized spacial score (nSPS) is 18.4. The fourth-order valence-electron chi connectivity index (χ4n) is 2.39. The minimum absolute atomic E-state index is 0.0464. The molecule has 1 fully saturated rings. The summed E-state index contributed by atoms with van der Waals surface area (Å²) in [4.78, 5) is 25.5. The number of carbonyl (C=O) groups is 2. The third kappa shape index (κ3) is 4.00. The summed E-state index contributed by atoms with van der Waals surface area (Å²) in [5, 5.41) is 2.83. The Morgan fingerprint density at radius 1 is 1.41 bits per heavy atom. The van der Waals surface area contributed by atoms with E-state index >= 15 is 0 Å². The molecule has 1 aliphatic heterocycles. The van der Waals surface area contributed by atoms with Crippen molar-refractivity contribution >= 4 is 29.3 Å². The smallest absolute Gasteiger partial charge is 0.253 e. The zero-order valence-corrected chi connectivity index (χ0v) is 13.9. The lowest BCUT2D eigenvalue weighted by Gasteiger charge is -2.34. The Hall–Kier alpha value is -1.56. The minimum atomic E-state index is -0.541. The lowest BCUT2D eigenvalue weighted by Crippen LogP contribution is -2.43. The molecule has 0 radical (unpaired) electrons. The van der Waals surface area contributed by atoms with Crippen LogP contribution in [-0.4, -0.2) is 40.8 Å². The molecular formula is C16H21FN2O2S. The van der Waals surface area contributed by atoms with Gasteiger partial charge in [-0.2, -0.15) is 11.8 Å². The van der Waals surface area contributed by atoms with Crippen LogP contribution in [0.3, 0.4) is 0 Å². The molecule has 0 saturated carbocycles. The van der Waals surface area contributed by atoms with Gasteiger partial charge in [0.25, 0.3) is 5.91 Å². The Bertz CT molecular complexity index is 577. The van der Waals surface area contributed by atoms with Crippen LogP contribution in [0, 0.1) is 11.7 Å². The molecule has 0 spiro atoms. The Labute approximate surface area is 134 Å². The fourth-order valence-corrected chi connectivity index (χ4v) is 3.69. The van der Waals surface area contributed by atoms with E-state index in [4.69, 9.17) is 0 Å². The first-order chi connectivity index (χ1) is 10.4. The maximum absolute atomic E-state index is 13.7. The molecule has 0 aromatic heterocycles. The number of thioether (sulfide) groups is 1. The molecule has 0 bridgehead atoms. The molecular weight excluding hydrogens is 303 g/mol. The summed E-state index contributed by atoms with van der Waals surface area (Å²) in [6, 6.07) is 4.09. The van der Waals surface area contributed by atoms with Crippen molar-refractivity contribution in [2.45, 2.75) is 26.0 Å². The van der Waals surface area contributed by atoms with E-state index in [0.29, 0.717) is 29.8 Å². The van der Waals surface area contributed by atoms with Gasteiger partial charge in [-0.1, -0.05) is 13.8 Å². The van der Waals surface area contributed by atoms with Crippen LogP contribution in [0.4, 0.5) is 10.1 Å². The Morgan fingerprint density at radius 2 is 2.14 bits per heavy atom. The zero-order valence-electron chi connectivity index (χ0n) is 13.1. The molecule has 6 heteroatoms. The van der Waals surface area contributed by atoms with E-state index in [9.17, 15) is 14.0 Å². The number of rotatable bonds is 3. The van der Waals surface area contributed by atoms with Crippen molar-refractivity contribution in [3.05, 3.63) is 29.6 Å². The maximum atomic E-state index is 13.7. The van der Waals surface area contributed by atoms with Crippen molar-refractivity contribution < 1.29 is 14.0 Å². The van der Waals surface area contributed by atoms with Gasteiger partial charge in [-0.25, -0.2) is 4.39 Å². The second kappa shape index (κ2) is 7.13. The molecule has 1 aromatic carbocycles. The maximum Gasteiger partial charge on any atom is 0.253 e. The number of nitrogens with one attached hydrogen (secondary N) is 1. The van der Waals surface area contributed by atoms with E-state index in [1.807, 2.05) is 16.7 Å². The standard InChI is InChI=1S/C16H21FN2O2S/c1-10(2)15-9-19(6-7-22-15)16(21)12-4-5-13(17)14(8-12)18-11(3)20/h4-5,8,10,15H,6-7,9H2,1-3H3,(H,18,20)/t15-/m1/s1. The highest BCUT2D eigenvalue weighted by Crippen LogP contribution is 2.26. The van der Waals surface area contributed by atoms with Crippen molar-refractivity contribution in [3.63, 3.8) is 0 Å². The first kappa shape index (κ1) is 16.8. The van der Waals surface area contributed by atoms with E-state index in [1.54, 1.807) is 0 Å². The predicted octanol–water partition coefficient (Wildman–Crippen LogP) is 3.00. The van der Waals surface area contributed by atoms with Crippen LogP contribution in [0.1, 0.15) is 31.1 Å². The summed E-state index contributed by atoms with van der Waals surface area (Å²) in [5.74, 6) is 0.397. The van der Waals surface area contributed by atoms with Crippen molar-refractivity contribution in [1.82, 2.24) is 4.90 Å². The summed E-state index contributed by atoms with van der Waals surface area (Å²) in [6.07, 6.45) is 0. The molecule has 1 N–H and O–H groups in total. The molecule has 22 heavy (non-hydrogen) atoms. The molecule has 1 atom stereocenters. The highest BCUT2D eigenvalue weighted by atomic mass is 32.2. The van der Waals surface area contributed by atoms with Gasteiger partial charge in [-0.3, -0.25) is 9.59 Å². The molecule has 120 valence electrons. The van der Waals surface area contributed by atoms with Gasteiger partial charge in [0.2, 0.25) is 5.91 Å². The molecule has 1 aliphatic rings. The van der Waals surface area contributed by atoms with Crippen LogP contribution in [0.25, 0.3) is 0 Å². The van der Waals surface area contributed by atoms with Crippen molar-refractivity contribution in [1.29, 1.82) is 0 Å². The van der Waals surface area contributed by atoms with E-state index in [1.165, 1.54) is 25.1 Å². The lowest BCUT2D eigenvalue weighted by molar-refractivity contribution is -0.114. The fraction of sp³-hybridized carbons (Fsp3) is 0.500. The molecule has 0 aliphatic carbocycles. The van der Waals surface area contributed by atoms with Gasteiger partial charge < -0.3 is 10.2 Å². The quantitative estimate of drug-likeness (QED) is 0.930. The molecule has 0 unspecified atom stereocenters. The average Bonchev–Trinajstić information content (AvgIpc) is 2.48. The number of carbonyl (C=O) groups excluding carboxylic acids is 2. The largest absolute Gasteiger partial charge is 0.337 e. The Morgan fingerprint density at radius 3 is 2.77 bits per heavy atom. The summed E-state index contributed by atoms with van der Waals surface area (Å²) in [6.45, 7) is 7.01. The van der Waals surface area contributed by atoms with Crippen LogP contribution in [0.2, 0.25) is 0 Å². The second-order valence-electron chi connectivity index (χ2n) is 5.78. The highest BCUT2D eigenvalue weighted by molar-refractivity contribution is 8.00. The lowest BCUT2D eigenvalue weighted by atomic mass is 10.1. The third-order valence-electron chi connectivity index (χ3n) is 3.65. The van der Waals surface area contributed by atoms with E-state index in [-0.39, 0.29) is 17.5 Å². The SMILES string of the molecule is CC(=O)Nc1cc(C(=O)N2CCS[C@@H](C(C)C)C2)ccc1F. The monoisotopic (exact) mass is 324 g/mol. The number of amides is 2. The number of nitrogens with zero attached hydrogens (tertiary/aromatic N) is 1. The second-order valence-corrected chi connectivity index (χ2v) is 7.13. The molecule has 2 rings (SSSR count). The van der Waals surface area contributed by atoms with Gasteiger partial charge in [0.1, 0.15) is 5.82 Å². The van der Waals surface area contributed by atoms with E-state index in [2.05, 4.69) is 19.2 Å². The third-order valence-corrected chi connectivity index (χ3v) is 5.19. The van der Waals surface area contributed by atoms with Gasteiger partial charge >= 0.3 is 0 Å². The first-order valence-electron chi connectivity index (χ1n) is 7.36. The summed E-state index contributed by atoms with van der Waals surface area (Å²) < 4.78 is 13.7. The molecule has 2 amide bonds. The van der Waals surface area contributed by atoms with Crippen LogP contribution < -0.4 is 5.32 Å². The predicted molar refractivity (Wildman–Crippen MR) is 87.7 cm³/mol. The molecule has 1 aromatic rings. The summed E-state index contributed by atoms with van der Waals surface area (Å²) in [5.41, 5.74) is 0.449. The number of benzene rings is 1. The highest BCUT2D eigenvalue weighted by Gasteiger charge is 2.27. The molecule has 1 heterocycles. The zero-order chi connectivity index (χ0) is 16.3. The van der Waals surface area contributed by atoms with Gasteiger partial charge in [0, 0.05) is 36.6 Å². The van der Waals surface area contributed by atoms with Gasteiger partial charge in [0.05, 0.1) is 5.69 Å². The Kier molecular flexibility index (Phi) is 5.45. The minimum Gasteiger partial charge on any atom is -0.337 e. The topological polar surface area (TPSA) is 49.4 Å². The van der Waals surface area contributed by atoms with Gasteiger partial charge in [-0.05, 0) is 24.1 Å². The first-order valence-corrected chi connectivity index (χ1v) is 8.41. The Balaban J connectivity index is 2.16. The number of anilines is 1. The van der Waals surface area contributed by atoms with Crippen LogP contribution in [0.15, 0.2) is 18.2 Å². The summed E-state index contributed by atoms with van der Waals surface area (Å²) >= 11 is 1.89. The number of hydrogen-bond donors (Lipinski definition) is 1. The van der Waals surface area contributed by atoms with Gasteiger partial charge in [0.15, 0.2) is 0 Å². The molecule has 1 saturated heterocycles.